The monoisotopic (exact) mass is 492 g/mol. The highest BCUT2D eigenvalue weighted by atomic mass is 32.1. The van der Waals surface area contributed by atoms with E-state index in [1.54, 1.807) is 26.2 Å². The number of aliphatic hydroxyl groups excluding tert-OH is 1. The number of hydrogen-bond donors (Lipinski definition) is 1. The number of para-hydroxylation sites is 1. The SMILES string of the molecule is COc1ccccc1CN1C(=O)C(O)=C(C(=O)c2sc(C)nc2C)C1c1ccc(OC(C)C)cc1. The number of amides is 1. The number of aliphatic hydroxyl groups is 1. The Morgan fingerprint density at radius 2 is 1.83 bits per heavy atom. The molecule has 1 aromatic heterocycles. The number of hydrogen-bond acceptors (Lipinski definition) is 7. The fourth-order valence-corrected chi connectivity index (χ4v) is 5.15. The van der Waals surface area contributed by atoms with Crippen molar-refractivity contribution in [2.24, 2.45) is 0 Å². The molecule has 0 fully saturated rings. The Hall–Kier alpha value is -3.65. The summed E-state index contributed by atoms with van der Waals surface area (Å²) >= 11 is 1.25. The number of thiazole rings is 1. The van der Waals surface area contributed by atoms with Crippen LogP contribution < -0.4 is 9.47 Å². The zero-order valence-corrected chi connectivity index (χ0v) is 21.2. The van der Waals surface area contributed by atoms with Crippen molar-refractivity contribution >= 4 is 23.0 Å². The van der Waals surface area contributed by atoms with Crippen molar-refractivity contribution in [3.63, 3.8) is 0 Å². The van der Waals surface area contributed by atoms with E-state index in [1.807, 2.05) is 57.2 Å². The first-order valence-corrected chi connectivity index (χ1v) is 12.1. The molecule has 2 aromatic carbocycles. The number of ketones is 1. The van der Waals surface area contributed by atoms with Gasteiger partial charge in [-0.15, -0.1) is 11.3 Å². The van der Waals surface area contributed by atoms with Crippen molar-refractivity contribution in [3.05, 3.63) is 86.6 Å². The number of benzene rings is 2. The summed E-state index contributed by atoms with van der Waals surface area (Å²) in [6.07, 6.45) is 0.00887. The van der Waals surface area contributed by atoms with Gasteiger partial charge in [-0.25, -0.2) is 4.98 Å². The van der Waals surface area contributed by atoms with Gasteiger partial charge in [0.2, 0.25) is 5.78 Å². The quantitative estimate of drug-likeness (QED) is 0.427. The molecule has 4 rings (SSSR count). The van der Waals surface area contributed by atoms with Crippen LogP contribution in [0.25, 0.3) is 0 Å². The summed E-state index contributed by atoms with van der Waals surface area (Å²) in [5, 5.41) is 11.7. The molecule has 0 saturated heterocycles. The second kappa shape index (κ2) is 9.92. The Bertz CT molecular complexity index is 1290. The number of carbonyl (C=O) groups is 2. The van der Waals surface area contributed by atoms with Crippen LogP contribution in [0.4, 0.5) is 0 Å². The highest BCUT2D eigenvalue weighted by Crippen LogP contribution is 2.42. The Labute approximate surface area is 208 Å². The average molecular weight is 493 g/mol. The van der Waals surface area contributed by atoms with Crippen LogP contribution >= 0.6 is 11.3 Å². The number of methoxy groups -OCH3 is 1. The third kappa shape index (κ3) is 4.79. The maximum absolute atomic E-state index is 13.7. The Balaban J connectivity index is 1.80. The topological polar surface area (TPSA) is 89.0 Å². The number of aromatic nitrogens is 1. The third-order valence-electron chi connectivity index (χ3n) is 5.76. The van der Waals surface area contributed by atoms with Crippen LogP contribution in [-0.4, -0.2) is 39.9 Å². The van der Waals surface area contributed by atoms with Gasteiger partial charge in [0, 0.05) is 5.56 Å². The van der Waals surface area contributed by atoms with Crippen LogP contribution in [0.2, 0.25) is 0 Å². The van der Waals surface area contributed by atoms with Gasteiger partial charge in [0.1, 0.15) is 11.5 Å². The molecule has 182 valence electrons. The van der Waals surface area contributed by atoms with E-state index in [0.717, 1.165) is 10.6 Å². The largest absolute Gasteiger partial charge is 0.503 e. The summed E-state index contributed by atoms with van der Waals surface area (Å²) < 4.78 is 11.2. The maximum atomic E-state index is 13.7. The number of Topliss-reactive ketones (excluding diaryl/α,β-unsaturated/α-hetero) is 1. The second-order valence-electron chi connectivity index (χ2n) is 8.62. The molecule has 8 heteroatoms. The van der Waals surface area contributed by atoms with E-state index >= 15 is 0 Å². The summed E-state index contributed by atoms with van der Waals surface area (Å²) in [6, 6.07) is 13.8. The molecule has 1 amide bonds. The summed E-state index contributed by atoms with van der Waals surface area (Å²) in [6.45, 7) is 7.61. The lowest BCUT2D eigenvalue weighted by atomic mass is 9.94. The molecular formula is C27H28N2O5S. The Kier molecular flexibility index (Phi) is 6.93. The van der Waals surface area contributed by atoms with Crippen molar-refractivity contribution in [1.82, 2.24) is 9.88 Å². The highest BCUT2D eigenvalue weighted by molar-refractivity contribution is 7.14. The molecule has 3 aromatic rings. The van der Waals surface area contributed by atoms with Gasteiger partial charge >= 0.3 is 0 Å². The first kappa shape index (κ1) is 24.5. The van der Waals surface area contributed by atoms with Gasteiger partial charge in [0.25, 0.3) is 5.91 Å². The minimum absolute atomic E-state index is 0.00887. The molecule has 35 heavy (non-hydrogen) atoms. The molecule has 0 saturated carbocycles. The van der Waals surface area contributed by atoms with E-state index in [9.17, 15) is 14.7 Å². The zero-order chi connectivity index (χ0) is 25.3. The van der Waals surface area contributed by atoms with Gasteiger partial charge in [0.05, 0.1) is 47.0 Å². The Morgan fingerprint density at radius 1 is 1.14 bits per heavy atom. The van der Waals surface area contributed by atoms with Gasteiger partial charge in [-0.05, 0) is 51.5 Å². The molecule has 1 atom stereocenters. The van der Waals surface area contributed by atoms with Crippen LogP contribution in [0.5, 0.6) is 11.5 Å². The first-order chi connectivity index (χ1) is 16.7. The van der Waals surface area contributed by atoms with Crippen LogP contribution in [-0.2, 0) is 11.3 Å². The van der Waals surface area contributed by atoms with Crippen LogP contribution in [0.1, 0.15) is 51.4 Å². The summed E-state index contributed by atoms with van der Waals surface area (Å²) in [4.78, 5) is 33.3. The van der Waals surface area contributed by atoms with Gasteiger partial charge in [-0.2, -0.15) is 0 Å². The molecule has 0 radical (unpaired) electrons. The van der Waals surface area contributed by atoms with E-state index in [4.69, 9.17) is 9.47 Å². The predicted molar refractivity (Wildman–Crippen MR) is 134 cm³/mol. The van der Waals surface area contributed by atoms with Crippen LogP contribution in [0.3, 0.4) is 0 Å². The van der Waals surface area contributed by atoms with Gasteiger partial charge in [-0.3, -0.25) is 9.59 Å². The smallest absolute Gasteiger partial charge is 0.290 e. The van der Waals surface area contributed by atoms with Crippen molar-refractivity contribution in [2.45, 2.75) is 46.4 Å². The number of aryl methyl sites for hydroxylation is 2. The van der Waals surface area contributed by atoms with E-state index in [1.165, 1.54) is 16.2 Å². The summed E-state index contributed by atoms with van der Waals surface area (Å²) in [5.74, 6) is -0.241. The van der Waals surface area contributed by atoms with E-state index in [-0.39, 0.29) is 18.2 Å². The minimum Gasteiger partial charge on any atom is -0.503 e. The molecule has 0 spiro atoms. The molecule has 2 heterocycles. The van der Waals surface area contributed by atoms with E-state index in [0.29, 0.717) is 27.6 Å². The summed E-state index contributed by atoms with van der Waals surface area (Å²) in [5.41, 5.74) is 2.08. The molecule has 1 aliphatic rings. The molecule has 1 N–H and O–H groups in total. The van der Waals surface area contributed by atoms with E-state index in [2.05, 4.69) is 4.98 Å². The lowest BCUT2D eigenvalue weighted by Crippen LogP contribution is -2.30. The molecular weight excluding hydrogens is 464 g/mol. The van der Waals surface area contributed by atoms with Crippen molar-refractivity contribution in [1.29, 1.82) is 0 Å². The zero-order valence-electron chi connectivity index (χ0n) is 20.4. The average Bonchev–Trinajstić information content (AvgIpc) is 3.29. The van der Waals surface area contributed by atoms with Gasteiger partial charge in [0.15, 0.2) is 5.76 Å². The normalized spacial score (nSPS) is 15.8. The van der Waals surface area contributed by atoms with Gasteiger partial charge in [-0.1, -0.05) is 30.3 Å². The van der Waals surface area contributed by atoms with E-state index < -0.39 is 23.5 Å². The standard InChI is InChI=1S/C27H28N2O5S/c1-15(2)34-20-12-10-18(11-13-20)23-22(24(30)26-16(3)28-17(4)35-26)25(31)27(32)29(23)14-19-8-6-7-9-21(19)33-5/h6-13,15,23,31H,14H2,1-5H3. The van der Waals surface area contributed by atoms with Crippen LogP contribution in [0.15, 0.2) is 59.9 Å². The lowest BCUT2D eigenvalue weighted by molar-refractivity contribution is -0.130. The lowest BCUT2D eigenvalue weighted by Gasteiger charge is -2.27. The number of carbonyl (C=O) groups excluding carboxylic acids is 2. The minimum atomic E-state index is -0.783. The first-order valence-electron chi connectivity index (χ1n) is 11.3. The number of rotatable bonds is 8. The van der Waals surface area contributed by atoms with Crippen molar-refractivity contribution in [3.8, 4) is 11.5 Å². The fraction of sp³-hybridized carbons (Fsp3) is 0.296. The predicted octanol–water partition coefficient (Wildman–Crippen LogP) is 5.33. The maximum Gasteiger partial charge on any atom is 0.290 e. The second-order valence-corrected chi connectivity index (χ2v) is 9.83. The molecule has 1 aliphatic heterocycles. The number of ether oxygens (including phenoxy) is 2. The summed E-state index contributed by atoms with van der Waals surface area (Å²) in [7, 11) is 1.56. The fourth-order valence-electron chi connectivity index (χ4n) is 4.28. The molecule has 0 aliphatic carbocycles. The van der Waals surface area contributed by atoms with Crippen molar-refractivity contribution in [2.75, 3.05) is 7.11 Å². The van der Waals surface area contributed by atoms with Crippen molar-refractivity contribution < 1.29 is 24.2 Å². The third-order valence-corrected chi connectivity index (χ3v) is 6.83. The molecule has 0 bridgehead atoms. The highest BCUT2D eigenvalue weighted by Gasteiger charge is 2.44. The van der Waals surface area contributed by atoms with Gasteiger partial charge < -0.3 is 19.5 Å². The Morgan fingerprint density at radius 3 is 2.43 bits per heavy atom. The molecule has 1 unspecified atom stereocenters. The molecule has 7 nitrogen and oxygen atoms in total. The van der Waals surface area contributed by atoms with Crippen LogP contribution in [0, 0.1) is 13.8 Å². The number of nitrogens with zero attached hydrogens (tertiary/aromatic N) is 2.